The van der Waals surface area contributed by atoms with Gasteiger partial charge in [0.25, 0.3) is 10.1 Å². The lowest BCUT2D eigenvalue weighted by molar-refractivity contribution is 0.302. The Morgan fingerprint density at radius 3 is 2.73 bits per heavy atom. The Hall–Kier alpha value is -0.600. The molecule has 0 bridgehead atoms. The normalized spacial score (nSPS) is 29.5. The van der Waals surface area contributed by atoms with Gasteiger partial charge in [0.05, 0.1) is 24.8 Å². The van der Waals surface area contributed by atoms with E-state index in [0.29, 0.717) is 0 Å². The van der Waals surface area contributed by atoms with Crippen molar-refractivity contribution in [1.29, 1.82) is 5.26 Å². The monoisotopic (exact) mass is 175 g/mol. The van der Waals surface area contributed by atoms with E-state index in [0.717, 1.165) is 12.7 Å². The van der Waals surface area contributed by atoms with Crippen molar-refractivity contribution in [3.05, 3.63) is 0 Å². The maximum absolute atomic E-state index is 10.5. The Labute approximate surface area is 65.9 Å². The molecule has 0 amide bonds. The van der Waals surface area contributed by atoms with Gasteiger partial charge in [-0.1, -0.05) is 0 Å². The van der Waals surface area contributed by atoms with Crippen LogP contribution in [0.3, 0.4) is 0 Å². The molecule has 0 spiro atoms. The van der Waals surface area contributed by atoms with Crippen molar-refractivity contribution in [3.63, 3.8) is 0 Å². The van der Waals surface area contributed by atoms with Crippen molar-refractivity contribution >= 4 is 10.1 Å². The van der Waals surface area contributed by atoms with Crippen LogP contribution in [0.2, 0.25) is 0 Å². The minimum absolute atomic E-state index is 0.0109. The minimum atomic E-state index is -3.32. The highest BCUT2D eigenvalue weighted by molar-refractivity contribution is 7.85. The summed E-state index contributed by atoms with van der Waals surface area (Å²) in [6.07, 6.45) is 1.78. The highest BCUT2D eigenvalue weighted by Crippen LogP contribution is 2.37. The maximum atomic E-state index is 10.5. The average molecular weight is 175 g/mol. The predicted molar refractivity (Wildman–Crippen MR) is 38.0 cm³/mol. The summed E-state index contributed by atoms with van der Waals surface area (Å²) in [7, 11) is -3.32. The average Bonchev–Trinajstić information content (AvgIpc) is 2.60. The molecule has 0 saturated heterocycles. The van der Waals surface area contributed by atoms with Crippen LogP contribution in [0.5, 0.6) is 0 Å². The van der Waals surface area contributed by atoms with Crippen LogP contribution in [0, 0.1) is 23.2 Å². The highest BCUT2D eigenvalue weighted by atomic mass is 32.2. The van der Waals surface area contributed by atoms with Crippen LogP contribution in [-0.4, -0.2) is 21.3 Å². The summed E-state index contributed by atoms with van der Waals surface area (Å²) in [6, 6.07) is 2.05. The molecule has 1 aliphatic rings. The Bertz CT molecular complexity index is 277. The van der Waals surface area contributed by atoms with Crippen molar-refractivity contribution in [2.24, 2.45) is 11.8 Å². The van der Waals surface area contributed by atoms with Gasteiger partial charge in [0.2, 0.25) is 0 Å². The van der Waals surface area contributed by atoms with Gasteiger partial charge in [-0.15, -0.1) is 0 Å². The van der Waals surface area contributed by atoms with E-state index in [4.69, 9.17) is 5.26 Å². The van der Waals surface area contributed by atoms with Crippen molar-refractivity contribution in [3.8, 4) is 6.07 Å². The zero-order valence-electron chi connectivity index (χ0n) is 6.15. The predicted octanol–water partition coefficient (Wildman–Crippen LogP) is 0.122. The highest BCUT2D eigenvalue weighted by Gasteiger charge is 2.38. The Morgan fingerprint density at radius 1 is 1.73 bits per heavy atom. The number of rotatable bonds is 3. The van der Waals surface area contributed by atoms with E-state index >= 15 is 0 Å². The molecule has 62 valence electrons. The van der Waals surface area contributed by atoms with Gasteiger partial charge in [0, 0.05) is 5.92 Å². The van der Waals surface area contributed by atoms with Crippen LogP contribution in [0.4, 0.5) is 0 Å². The molecule has 5 heteroatoms. The lowest BCUT2D eigenvalue weighted by atomic mass is 10.4. The summed E-state index contributed by atoms with van der Waals surface area (Å²) < 4.78 is 25.4. The van der Waals surface area contributed by atoms with E-state index in [1.165, 1.54) is 0 Å². The van der Waals surface area contributed by atoms with Gasteiger partial charge < -0.3 is 0 Å². The second kappa shape index (κ2) is 2.80. The fourth-order valence-electron chi connectivity index (χ4n) is 0.801. The van der Waals surface area contributed by atoms with E-state index in [1.54, 1.807) is 0 Å². The van der Waals surface area contributed by atoms with Crippen LogP contribution in [-0.2, 0) is 14.3 Å². The molecule has 0 heterocycles. The molecule has 0 aromatic rings. The molecular formula is C6H9NO3S. The SMILES string of the molecule is CS(=O)(=O)OCC1CC1C#N. The second-order valence-corrected chi connectivity index (χ2v) is 4.36. The number of nitrogens with zero attached hydrogens (tertiary/aromatic N) is 1. The number of hydrogen-bond donors (Lipinski definition) is 0. The lowest BCUT2D eigenvalue weighted by Gasteiger charge is -1.96. The van der Waals surface area contributed by atoms with Crippen LogP contribution in [0.1, 0.15) is 6.42 Å². The Balaban J connectivity index is 2.23. The third-order valence-corrected chi connectivity index (χ3v) is 2.15. The fourth-order valence-corrected chi connectivity index (χ4v) is 1.22. The molecule has 2 unspecified atom stereocenters. The smallest absolute Gasteiger partial charge is 0.264 e. The number of nitriles is 1. The van der Waals surface area contributed by atoms with E-state index < -0.39 is 10.1 Å². The van der Waals surface area contributed by atoms with Gasteiger partial charge in [-0.2, -0.15) is 13.7 Å². The van der Waals surface area contributed by atoms with Crippen LogP contribution in [0.15, 0.2) is 0 Å². The zero-order chi connectivity index (χ0) is 8.48. The van der Waals surface area contributed by atoms with Crippen molar-refractivity contribution < 1.29 is 12.6 Å². The quantitative estimate of drug-likeness (QED) is 0.571. The molecule has 1 fully saturated rings. The third-order valence-electron chi connectivity index (χ3n) is 1.58. The van der Waals surface area contributed by atoms with Crippen molar-refractivity contribution in [2.45, 2.75) is 6.42 Å². The largest absolute Gasteiger partial charge is 0.270 e. The third kappa shape index (κ3) is 2.87. The molecule has 1 aliphatic carbocycles. The van der Waals surface area contributed by atoms with E-state index in [2.05, 4.69) is 10.3 Å². The number of hydrogen-bond acceptors (Lipinski definition) is 4. The summed E-state index contributed by atoms with van der Waals surface area (Å²) in [5, 5.41) is 8.35. The summed E-state index contributed by atoms with van der Waals surface area (Å²) in [5.74, 6) is 0.145. The van der Waals surface area contributed by atoms with Gasteiger partial charge in [-0.3, -0.25) is 4.18 Å². The molecule has 0 N–H and O–H groups in total. The topological polar surface area (TPSA) is 67.2 Å². The first kappa shape index (κ1) is 8.50. The molecule has 2 atom stereocenters. The van der Waals surface area contributed by atoms with E-state index in [1.807, 2.05) is 0 Å². The molecule has 1 rings (SSSR count). The summed E-state index contributed by atoms with van der Waals surface area (Å²) in [4.78, 5) is 0. The van der Waals surface area contributed by atoms with Gasteiger partial charge in [0.15, 0.2) is 0 Å². The van der Waals surface area contributed by atoms with Gasteiger partial charge >= 0.3 is 0 Å². The van der Waals surface area contributed by atoms with Crippen LogP contribution >= 0.6 is 0 Å². The Kier molecular flexibility index (Phi) is 2.16. The minimum Gasteiger partial charge on any atom is -0.270 e. The summed E-state index contributed by atoms with van der Waals surface area (Å²) in [6.45, 7) is 0.164. The first-order valence-electron chi connectivity index (χ1n) is 3.27. The molecular weight excluding hydrogens is 166 g/mol. The van der Waals surface area contributed by atoms with Gasteiger partial charge in [-0.25, -0.2) is 0 Å². The molecule has 0 radical (unpaired) electrons. The van der Waals surface area contributed by atoms with Crippen LogP contribution < -0.4 is 0 Å². The zero-order valence-corrected chi connectivity index (χ0v) is 6.97. The van der Waals surface area contributed by atoms with Gasteiger partial charge in [0.1, 0.15) is 0 Å². The fraction of sp³-hybridized carbons (Fsp3) is 0.833. The molecule has 4 nitrogen and oxygen atoms in total. The molecule has 0 aliphatic heterocycles. The lowest BCUT2D eigenvalue weighted by Crippen LogP contribution is -2.05. The van der Waals surface area contributed by atoms with Gasteiger partial charge in [-0.05, 0) is 6.42 Å². The first-order chi connectivity index (χ1) is 5.03. The Morgan fingerprint density at radius 2 is 2.36 bits per heavy atom. The van der Waals surface area contributed by atoms with Crippen molar-refractivity contribution in [2.75, 3.05) is 12.9 Å². The summed E-state index contributed by atoms with van der Waals surface area (Å²) in [5.41, 5.74) is 0. The van der Waals surface area contributed by atoms with Crippen LogP contribution in [0.25, 0.3) is 0 Å². The van der Waals surface area contributed by atoms with Crippen molar-refractivity contribution in [1.82, 2.24) is 0 Å². The van der Waals surface area contributed by atoms with E-state index in [-0.39, 0.29) is 18.4 Å². The molecule has 0 aromatic carbocycles. The second-order valence-electron chi connectivity index (χ2n) is 2.72. The maximum Gasteiger partial charge on any atom is 0.264 e. The molecule has 11 heavy (non-hydrogen) atoms. The molecule has 0 aromatic heterocycles. The molecule has 1 saturated carbocycles. The summed E-state index contributed by atoms with van der Waals surface area (Å²) >= 11 is 0. The van der Waals surface area contributed by atoms with E-state index in [9.17, 15) is 8.42 Å². The standard InChI is InChI=1S/C6H9NO3S/c1-11(8,9)10-4-6-2-5(6)3-7/h5-6H,2,4H2,1H3. The first-order valence-corrected chi connectivity index (χ1v) is 5.08.